The molecule has 0 spiro atoms. The van der Waals surface area contributed by atoms with Gasteiger partial charge in [-0.3, -0.25) is 0 Å². The normalized spacial score (nSPS) is 13.6. The minimum Gasteiger partial charge on any atom is -0.657 e. The van der Waals surface area contributed by atoms with Crippen molar-refractivity contribution < 1.29 is 17.1 Å². The topological polar surface area (TPSA) is 54.0 Å². The first-order chi connectivity index (χ1) is 15.2. The van der Waals surface area contributed by atoms with E-state index in [1.54, 1.807) is 0 Å². The molecule has 2 aliphatic rings. The summed E-state index contributed by atoms with van der Waals surface area (Å²) in [7, 11) is 0. The maximum Gasteiger partial charge on any atom is 2.00 e. The van der Waals surface area contributed by atoms with Crippen molar-refractivity contribution >= 4 is 44.4 Å². The van der Waals surface area contributed by atoms with E-state index in [4.69, 9.17) is 19.9 Å². The van der Waals surface area contributed by atoms with Crippen LogP contribution in [0.1, 0.15) is 72.7 Å². The zero-order valence-electron chi connectivity index (χ0n) is 20.4. The van der Waals surface area contributed by atoms with E-state index in [9.17, 15) is 0 Å². The summed E-state index contributed by atoms with van der Waals surface area (Å²) in [6, 6.07) is 8.46. The summed E-state index contributed by atoms with van der Waals surface area (Å²) in [6.45, 7) is 17.1. The van der Waals surface area contributed by atoms with E-state index in [1.165, 1.54) is 44.5 Å². The molecule has 0 unspecified atom stereocenters. The van der Waals surface area contributed by atoms with Crippen LogP contribution in [0.25, 0.3) is 44.4 Å². The average Bonchev–Trinajstić information content (AvgIpc) is 3.37. The smallest absolute Gasteiger partial charge is 0.657 e. The van der Waals surface area contributed by atoms with E-state index in [0.717, 1.165) is 44.8 Å². The van der Waals surface area contributed by atoms with Crippen LogP contribution in [0.2, 0.25) is 0 Å². The summed E-state index contributed by atoms with van der Waals surface area (Å²) < 4.78 is 0. The Bertz CT molecular complexity index is 1320. The molecule has 171 valence electrons. The van der Waals surface area contributed by atoms with Crippen LogP contribution in [0.3, 0.4) is 0 Å². The summed E-state index contributed by atoms with van der Waals surface area (Å²) >= 11 is 0. The van der Waals surface area contributed by atoms with Crippen molar-refractivity contribution in [1.29, 1.82) is 0 Å². The molecule has 0 saturated carbocycles. The summed E-state index contributed by atoms with van der Waals surface area (Å²) in [5, 5.41) is 0. The predicted molar refractivity (Wildman–Crippen MR) is 134 cm³/mol. The van der Waals surface area contributed by atoms with Gasteiger partial charge >= 0.3 is 17.1 Å². The minimum absolute atomic E-state index is 0. The average molecular weight is 484 g/mol. The molecule has 0 amide bonds. The van der Waals surface area contributed by atoms with Gasteiger partial charge in [0.15, 0.2) is 0 Å². The number of aromatic nitrogens is 4. The predicted octanol–water partition coefficient (Wildman–Crippen LogP) is 6.71. The Morgan fingerprint density at radius 1 is 0.424 bits per heavy atom. The van der Waals surface area contributed by atoms with E-state index >= 15 is 0 Å². The van der Waals surface area contributed by atoms with Crippen LogP contribution in [0, 0.1) is 27.7 Å². The molecule has 0 N–H and O–H groups in total. The van der Waals surface area contributed by atoms with Gasteiger partial charge in [0.1, 0.15) is 0 Å². The molecule has 0 aromatic carbocycles. The Morgan fingerprint density at radius 2 is 0.636 bits per heavy atom. The third-order valence-electron chi connectivity index (χ3n) is 7.38. The molecule has 5 heteroatoms. The Balaban J connectivity index is 0.00000259. The van der Waals surface area contributed by atoms with Gasteiger partial charge in [0.05, 0.1) is 22.8 Å². The van der Waals surface area contributed by atoms with Crippen molar-refractivity contribution in [2.45, 2.75) is 55.4 Å². The molecule has 8 bridgehead atoms. The van der Waals surface area contributed by atoms with Crippen molar-refractivity contribution in [2.24, 2.45) is 0 Å². The van der Waals surface area contributed by atoms with E-state index in [0.29, 0.717) is 0 Å². The fourth-order valence-corrected chi connectivity index (χ4v) is 4.37. The quantitative estimate of drug-likeness (QED) is 0.333. The second kappa shape index (κ2) is 8.16. The van der Waals surface area contributed by atoms with Gasteiger partial charge in [-0.05, 0) is 77.7 Å². The van der Waals surface area contributed by atoms with Gasteiger partial charge in [-0.25, -0.2) is 9.97 Å². The van der Waals surface area contributed by atoms with Crippen LogP contribution in [-0.2, 0) is 17.1 Å². The molecule has 2 aliphatic heterocycles. The summed E-state index contributed by atoms with van der Waals surface area (Å²) in [5.74, 6) is 0. The molecular formula is C28H28CuN4. The molecule has 1 radical (unpaired) electrons. The van der Waals surface area contributed by atoms with Gasteiger partial charge < -0.3 is 9.97 Å². The molecular weight excluding hydrogens is 456 g/mol. The third kappa shape index (κ3) is 3.60. The van der Waals surface area contributed by atoms with Crippen molar-refractivity contribution in [2.75, 3.05) is 0 Å². The Kier molecular flexibility index (Phi) is 5.76. The number of nitrogens with zero attached hydrogens (tertiary/aromatic N) is 4. The summed E-state index contributed by atoms with van der Waals surface area (Å²) in [5.41, 5.74) is 17.3. The van der Waals surface area contributed by atoms with Crippen LogP contribution in [0.15, 0.2) is 24.3 Å². The van der Waals surface area contributed by atoms with E-state index < -0.39 is 0 Å². The van der Waals surface area contributed by atoms with E-state index in [-0.39, 0.29) is 17.1 Å². The second-order valence-electron chi connectivity index (χ2n) is 9.11. The molecule has 0 aliphatic carbocycles. The van der Waals surface area contributed by atoms with Crippen molar-refractivity contribution in [3.63, 3.8) is 0 Å². The van der Waals surface area contributed by atoms with Crippen molar-refractivity contribution in [3.8, 4) is 0 Å². The third-order valence-corrected chi connectivity index (χ3v) is 7.38. The van der Waals surface area contributed by atoms with Crippen LogP contribution < -0.4 is 9.97 Å². The second-order valence-corrected chi connectivity index (χ2v) is 9.11. The maximum absolute atomic E-state index is 4.96. The van der Waals surface area contributed by atoms with Gasteiger partial charge in [0.25, 0.3) is 0 Å². The Hall–Kier alpha value is -2.88. The van der Waals surface area contributed by atoms with E-state index in [1.807, 2.05) is 0 Å². The number of fused-ring (bicyclic) bond motifs is 8. The molecule has 5 heterocycles. The van der Waals surface area contributed by atoms with Crippen molar-refractivity contribution in [1.82, 2.24) is 19.9 Å². The molecule has 4 nitrogen and oxygen atoms in total. The number of allylic oxidation sites excluding steroid dienone is 4. The Morgan fingerprint density at radius 3 is 0.848 bits per heavy atom. The van der Waals surface area contributed by atoms with Crippen LogP contribution >= 0.6 is 0 Å². The molecule has 5 rings (SSSR count). The molecule has 0 fully saturated rings. The van der Waals surface area contributed by atoms with E-state index in [2.05, 4.69) is 79.7 Å². The molecule has 0 atom stereocenters. The number of hydrogen-bond donors (Lipinski definition) is 0. The Labute approximate surface area is 205 Å². The molecule has 3 aromatic rings. The summed E-state index contributed by atoms with van der Waals surface area (Å²) in [4.78, 5) is 19.9. The van der Waals surface area contributed by atoms with Gasteiger partial charge in [-0.15, -0.1) is 22.1 Å². The number of rotatable bonds is 0. The maximum atomic E-state index is 4.96. The largest absolute Gasteiger partial charge is 2.00 e. The first-order valence-electron chi connectivity index (χ1n) is 11.1. The summed E-state index contributed by atoms with van der Waals surface area (Å²) in [6.07, 6.45) is 0. The standard InChI is InChI=1S/C28H28N4.Cu/c1-13-14(2)22-10-24-17(5)18(6)26(31-24)12-28-20(8)19(7)27(32-28)11-25-16(4)15(3)23(30-25)9-21(13)29-22;/h9-12H,1-8H3;/q-2;+2. The van der Waals surface area contributed by atoms with Crippen LogP contribution in [-0.4, -0.2) is 9.97 Å². The van der Waals surface area contributed by atoms with Gasteiger partial charge in [-0.1, -0.05) is 46.5 Å². The molecule has 33 heavy (non-hydrogen) atoms. The molecule has 3 aromatic heterocycles. The number of hydrogen-bond acceptors (Lipinski definition) is 2. The SMILES string of the molecule is CC1=C(C)c2cc3[n-]c(cc4nc(cc5[n-]c(cc1n2)c(C)c5C)C(C)=C4C)c(C)c3C.[Cu+2]. The zero-order chi connectivity index (χ0) is 22.9. The van der Waals surface area contributed by atoms with Crippen LogP contribution in [0.5, 0.6) is 0 Å². The first-order valence-corrected chi connectivity index (χ1v) is 11.1. The van der Waals surface area contributed by atoms with Crippen LogP contribution in [0.4, 0.5) is 0 Å². The van der Waals surface area contributed by atoms with Crippen molar-refractivity contribution in [3.05, 3.63) is 69.3 Å². The zero-order valence-corrected chi connectivity index (χ0v) is 21.3. The minimum atomic E-state index is 0. The van der Waals surface area contributed by atoms with Gasteiger partial charge in [0.2, 0.25) is 0 Å². The number of aryl methyl sites for hydroxylation is 4. The first kappa shape index (κ1) is 23.3. The van der Waals surface area contributed by atoms with Gasteiger partial charge in [-0.2, -0.15) is 0 Å². The molecule has 0 saturated heterocycles. The fourth-order valence-electron chi connectivity index (χ4n) is 4.37. The van der Waals surface area contributed by atoms with Gasteiger partial charge in [0, 0.05) is 0 Å². The fraction of sp³-hybridized carbons (Fsp3) is 0.286. The monoisotopic (exact) mass is 483 g/mol.